The van der Waals surface area contributed by atoms with Gasteiger partial charge in [-0.3, -0.25) is 4.79 Å². The van der Waals surface area contributed by atoms with Crippen molar-refractivity contribution in [1.82, 2.24) is 5.32 Å². The molecule has 0 aromatic heterocycles. The predicted molar refractivity (Wildman–Crippen MR) is 77.8 cm³/mol. The van der Waals surface area contributed by atoms with E-state index in [2.05, 4.69) is 5.32 Å². The molecule has 1 aromatic carbocycles. The van der Waals surface area contributed by atoms with Crippen LogP contribution in [0.25, 0.3) is 0 Å². The minimum Gasteiger partial charge on any atom is -0.452 e. The van der Waals surface area contributed by atoms with Crippen LogP contribution in [0.15, 0.2) is 24.3 Å². The van der Waals surface area contributed by atoms with Crippen LogP contribution in [0, 0.1) is 0 Å². The second kappa shape index (κ2) is 6.89. The summed E-state index contributed by atoms with van der Waals surface area (Å²) >= 11 is 0. The zero-order chi connectivity index (χ0) is 16.2. The maximum atomic E-state index is 11.7. The van der Waals surface area contributed by atoms with E-state index >= 15 is 0 Å². The molecule has 1 aliphatic rings. The SMILES string of the molecule is O=C(COC(=O)c1ccc(CO)cc1)N[C@@H]1CCS(=O)(=O)C1. The maximum absolute atomic E-state index is 11.7. The highest BCUT2D eigenvalue weighted by molar-refractivity contribution is 7.91. The molecular formula is C14H17NO6S. The van der Waals surface area contributed by atoms with Gasteiger partial charge in [-0.15, -0.1) is 0 Å². The molecular weight excluding hydrogens is 310 g/mol. The molecule has 1 heterocycles. The number of rotatable bonds is 5. The number of aliphatic hydroxyl groups excluding tert-OH is 1. The maximum Gasteiger partial charge on any atom is 0.338 e. The largest absolute Gasteiger partial charge is 0.452 e. The van der Waals surface area contributed by atoms with Crippen LogP contribution in [0.1, 0.15) is 22.3 Å². The van der Waals surface area contributed by atoms with Gasteiger partial charge in [-0.25, -0.2) is 13.2 Å². The topological polar surface area (TPSA) is 110 Å². The molecule has 22 heavy (non-hydrogen) atoms. The summed E-state index contributed by atoms with van der Waals surface area (Å²) in [6, 6.07) is 5.74. The third-order valence-corrected chi connectivity index (χ3v) is 5.07. The van der Waals surface area contributed by atoms with Crippen LogP contribution in [0.5, 0.6) is 0 Å². The molecule has 2 N–H and O–H groups in total. The molecule has 0 bridgehead atoms. The molecule has 0 spiro atoms. The standard InChI is InChI=1S/C14H17NO6S/c16-7-10-1-3-11(4-2-10)14(18)21-8-13(17)15-12-5-6-22(19,20)9-12/h1-4,12,16H,5-9H2,(H,15,17)/t12-/m1/s1. The Balaban J connectivity index is 1.79. The van der Waals surface area contributed by atoms with Crippen LogP contribution < -0.4 is 5.32 Å². The quantitative estimate of drug-likeness (QED) is 0.715. The van der Waals surface area contributed by atoms with Crippen molar-refractivity contribution in [3.63, 3.8) is 0 Å². The molecule has 0 aliphatic carbocycles. The van der Waals surface area contributed by atoms with Gasteiger partial charge in [0.15, 0.2) is 16.4 Å². The summed E-state index contributed by atoms with van der Waals surface area (Å²) in [7, 11) is -3.06. The minimum atomic E-state index is -3.06. The van der Waals surface area contributed by atoms with Gasteiger partial charge in [-0.1, -0.05) is 12.1 Å². The first-order valence-corrected chi connectivity index (χ1v) is 8.58. The second-order valence-electron chi connectivity index (χ2n) is 5.10. The lowest BCUT2D eigenvalue weighted by Crippen LogP contribution is -2.38. The van der Waals surface area contributed by atoms with Crippen molar-refractivity contribution < 1.29 is 27.9 Å². The van der Waals surface area contributed by atoms with E-state index in [1.807, 2.05) is 0 Å². The molecule has 0 unspecified atom stereocenters. The van der Waals surface area contributed by atoms with E-state index in [-0.39, 0.29) is 23.7 Å². The Morgan fingerprint density at radius 2 is 1.95 bits per heavy atom. The number of esters is 1. The van der Waals surface area contributed by atoms with Crippen molar-refractivity contribution >= 4 is 21.7 Å². The van der Waals surface area contributed by atoms with Crippen LogP contribution in [0.4, 0.5) is 0 Å². The number of carbonyl (C=O) groups is 2. The Morgan fingerprint density at radius 1 is 1.27 bits per heavy atom. The number of ether oxygens (including phenoxy) is 1. The lowest BCUT2D eigenvalue weighted by atomic mass is 10.1. The third kappa shape index (κ3) is 4.54. The molecule has 1 fully saturated rings. The van der Waals surface area contributed by atoms with Crippen molar-refractivity contribution in [2.45, 2.75) is 19.1 Å². The fraction of sp³-hybridized carbons (Fsp3) is 0.429. The van der Waals surface area contributed by atoms with Crippen LogP contribution in [0.2, 0.25) is 0 Å². The number of amides is 1. The average molecular weight is 327 g/mol. The van der Waals surface area contributed by atoms with Crippen LogP contribution in [-0.4, -0.2) is 49.6 Å². The van der Waals surface area contributed by atoms with Gasteiger partial charge in [0.1, 0.15) is 0 Å². The highest BCUT2D eigenvalue weighted by Gasteiger charge is 2.29. The first kappa shape index (κ1) is 16.4. The first-order chi connectivity index (χ1) is 10.4. The highest BCUT2D eigenvalue weighted by Crippen LogP contribution is 2.11. The summed E-state index contributed by atoms with van der Waals surface area (Å²) < 4.78 is 27.4. The molecule has 1 aromatic rings. The number of aliphatic hydroxyl groups is 1. The summed E-state index contributed by atoms with van der Waals surface area (Å²) in [5, 5.41) is 11.4. The molecule has 1 amide bonds. The Kier molecular flexibility index (Phi) is 5.15. The highest BCUT2D eigenvalue weighted by atomic mass is 32.2. The Bertz CT molecular complexity index is 652. The van der Waals surface area contributed by atoms with Gasteiger partial charge >= 0.3 is 5.97 Å². The molecule has 1 aliphatic heterocycles. The molecule has 1 saturated heterocycles. The number of carbonyl (C=O) groups excluding carboxylic acids is 2. The van der Waals surface area contributed by atoms with Crippen molar-refractivity contribution in [3.05, 3.63) is 35.4 Å². The van der Waals surface area contributed by atoms with E-state index in [0.29, 0.717) is 12.0 Å². The minimum absolute atomic E-state index is 0.0644. The molecule has 1 atom stereocenters. The van der Waals surface area contributed by atoms with Gasteiger partial charge in [0.2, 0.25) is 0 Å². The Morgan fingerprint density at radius 3 is 2.50 bits per heavy atom. The van der Waals surface area contributed by atoms with E-state index in [1.165, 1.54) is 12.1 Å². The fourth-order valence-corrected chi connectivity index (χ4v) is 3.81. The van der Waals surface area contributed by atoms with Crippen molar-refractivity contribution in [1.29, 1.82) is 0 Å². The molecule has 7 nitrogen and oxygen atoms in total. The lowest BCUT2D eigenvalue weighted by molar-refractivity contribution is -0.124. The van der Waals surface area contributed by atoms with Gasteiger partial charge in [0.05, 0.1) is 23.7 Å². The molecule has 0 saturated carbocycles. The number of nitrogens with one attached hydrogen (secondary N) is 1. The molecule has 2 rings (SSSR count). The van der Waals surface area contributed by atoms with E-state index in [9.17, 15) is 18.0 Å². The summed E-state index contributed by atoms with van der Waals surface area (Å²) in [5.41, 5.74) is 0.935. The van der Waals surface area contributed by atoms with E-state index in [1.54, 1.807) is 12.1 Å². The number of hydrogen-bond donors (Lipinski definition) is 2. The van der Waals surface area contributed by atoms with Crippen molar-refractivity contribution in [3.8, 4) is 0 Å². The van der Waals surface area contributed by atoms with Crippen molar-refractivity contribution in [2.75, 3.05) is 18.1 Å². The normalized spacial score (nSPS) is 19.6. The molecule has 0 radical (unpaired) electrons. The van der Waals surface area contributed by atoms with Crippen LogP contribution in [-0.2, 0) is 26.0 Å². The zero-order valence-electron chi connectivity index (χ0n) is 11.8. The summed E-state index contributed by atoms with van der Waals surface area (Å²) in [6.07, 6.45) is 0.380. The van der Waals surface area contributed by atoms with Gasteiger partial charge in [0.25, 0.3) is 5.91 Å². The molecule has 8 heteroatoms. The van der Waals surface area contributed by atoms with E-state index in [4.69, 9.17) is 9.84 Å². The Hall–Kier alpha value is -1.93. The monoisotopic (exact) mass is 327 g/mol. The van der Waals surface area contributed by atoms with Crippen molar-refractivity contribution in [2.24, 2.45) is 0 Å². The smallest absolute Gasteiger partial charge is 0.338 e. The van der Waals surface area contributed by atoms with Crippen LogP contribution in [0.3, 0.4) is 0 Å². The molecule has 120 valence electrons. The van der Waals surface area contributed by atoms with Gasteiger partial charge < -0.3 is 15.2 Å². The first-order valence-electron chi connectivity index (χ1n) is 6.76. The summed E-state index contributed by atoms with van der Waals surface area (Å²) in [5.74, 6) is -1.19. The van der Waals surface area contributed by atoms with E-state index < -0.39 is 34.4 Å². The number of benzene rings is 1. The Labute approximate surface area is 128 Å². The zero-order valence-corrected chi connectivity index (χ0v) is 12.6. The van der Waals surface area contributed by atoms with Gasteiger partial charge in [-0.2, -0.15) is 0 Å². The lowest BCUT2D eigenvalue weighted by Gasteiger charge is -2.11. The summed E-state index contributed by atoms with van der Waals surface area (Å²) in [4.78, 5) is 23.4. The van der Waals surface area contributed by atoms with Gasteiger partial charge in [0, 0.05) is 6.04 Å². The van der Waals surface area contributed by atoms with Crippen LogP contribution >= 0.6 is 0 Å². The fourth-order valence-electron chi connectivity index (χ4n) is 2.14. The average Bonchev–Trinajstić information content (AvgIpc) is 2.83. The predicted octanol–water partition coefficient (Wildman–Crippen LogP) is -0.361. The number of hydrogen-bond acceptors (Lipinski definition) is 6. The van der Waals surface area contributed by atoms with Gasteiger partial charge in [-0.05, 0) is 24.1 Å². The summed E-state index contributed by atoms with van der Waals surface area (Å²) in [6.45, 7) is -0.584. The third-order valence-electron chi connectivity index (χ3n) is 3.30. The van der Waals surface area contributed by atoms with E-state index in [0.717, 1.165) is 0 Å². The number of sulfone groups is 1. The second-order valence-corrected chi connectivity index (χ2v) is 7.33.